The summed E-state index contributed by atoms with van der Waals surface area (Å²) in [6.45, 7) is 2.90. The first-order valence-corrected chi connectivity index (χ1v) is 11.5. The Morgan fingerprint density at radius 1 is 1.03 bits per heavy atom. The van der Waals surface area contributed by atoms with E-state index < -0.39 is 0 Å². The second kappa shape index (κ2) is 10.4. The van der Waals surface area contributed by atoms with E-state index in [0.717, 1.165) is 30.2 Å². The number of hydrogen-bond donors (Lipinski definition) is 1. The van der Waals surface area contributed by atoms with Crippen LogP contribution in [0.1, 0.15) is 26.5 Å². The molecule has 3 heterocycles. The number of methoxy groups -OCH3 is 2. The van der Waals surface area contributed by atoms with Crippen LogP contribution in [0.2, 0.25) is 0 Å². The summed E-state index contributed by atoms with van der Waals surface area (Å²) < 4.78 is 10.5. The first kappa shape index (κ1) is 22.6. The predicted molar refractivity (Wildman–Crippen MR) is 129 cm³/mol. The normalized spacial score (nSPS) is 13.9. The van der Waals surface area contributed by atoms with Crippen molar-refractivity contribution in [2.45, 2.75) is 6.42 Å². The highest BCUT2D eigenvalue weighted by atomic mass is 32.1. The zero-order chi connectivity index (χ0) is 23.2. The topological polar surface area (TPSA) is 84.0 Å². The Hall–Kier alpha value is -3.59. The summed E-state index contributed by atoms with van der Waals surface area (Å²) in [6, 6.07) is 12.5. The number of nitrogens with zero attached hydrogens (tertiary/aromatic N) is 3. The standard InChI is InChI=1S/C24H26N4O4S/c1-31-18-7-8-19(20(15-18)32-2)23(29)26-17-6-9-22(25-16-17)27-10-4-11-28(13-12-27)24(30)21-5-3-14-33-21/h3,5-9,14-16H,4,10-13H2,1-2H3,(H,26,29). The minimum atomic E-state index is -0.290. The molecular formula is C24H26N4O4S. The van der Waals surface area contributed by atoms with E-state index in [9.17, 15) is 9.59 Å². The van der Waals surface area contributed by atoms with E-state index in [4.69, 9.17) is 9.47 Å². The molecule has 2 aromatic heterocycles. The van der Waals surface area contributed by atoms with Gasteiger partial charge in [0.15, 0.2) is 0 Å². The fourth-order valence-corrected chi connectivity index (χ4v) is 4.43. The summed E-state index contributed by atoms with van der Waals surface area (Å²) in [5.41, 5.74) is 0.997. The molecule has 0 spiro atoms. The van der Waals surface area contributed by atoms with Crippen molar-refractivity contribution in [2.24, 2.45) is 0 Å². The van der Waals surface area contributed by atoms with Crippen LogP contribution in [0.25, 0.3) is 0 Å². The lowest BCUT2D eigenvalue weighted by Crippen LogP contribution is -2.35. The third kappa shape index (κ3) is 5.25. The van der Waals surface area contributed by atoms with Crippen LogP contribution in [0, 0.1) is 0 Å². The number of pyridine rings is 1. The van der Waals surface area contributed by atoms with Gasteiger partial charge in [-0.15, -0.1) is 11.3 Å². The van der Waals surface area contributed by atoms with Crippen molar-refractivity contribution in [3.8, 4) is 11.5 Å². The Kier molecular flexibility index (Phi) is 7.09. The lowest BCUT2D eigenvalue weighted by molar-refractivity contribution is 0.0771. The van der Waals surface area contributed by atoms with Gasteiger partial charge in [-0.05, 0) is 42.1 Å². The van der Waals surface area contributed by atoms with Gasteiger partial charge in [-0.2, -0.15) is 0 Å². The second-order valence-corrected chi connectivity index (χ2v) is 8.48. The summed E-state index contributed by atoms with van der Waals surface area (Å²) in [5, 5.41) is 4.78. The molecule has 1 aliphatic heterocycles. The lowest BCUT2D eigenvalue weighted by atomic mass is 10.1. The van der Waals surface area contributed by atoms with E-state index in [-0.39, 0.29) is 11.8 Å². The number of nitrogens with one attached hydrogen (secondary N) is 1. The number of carbonyl (C=O) groups excluding carboxylic acids is 2. The van der Waals surface area contributed by atoms with Gasteiger partial charge in [0.1, 0.15) is 17.3 Å². The van der Waals surface area contributed by atoms with Crippen LogP contribution in [0.4, 0.5) is 11.5 Å². The number of anilines is 2. The first-order valence-electron chi connectivity index (χ1n) is 10.7. The SMILES string of the molecule is COc1ccc(C(=O)Nc2ccc(N3CCCN(C(=O)c4cccs4)CC3)nc2)c(OC)c1. The van der Waals surface area contributed by atoms with Gasteiger partial charge in [-0.25, -0.2) is 4.98 Å². The van der Waals surface area contributed by atoms with Crippen molar-refractivity contribution in [1.29, 1.82) is 0 Å². The van der Waals surface area contributed by atoms with Crippen molar-refractivity contribution in [2.75, 3.05) is 50.6 Å². The molecule has 8 nitrogen and oxygen atoms in total. The molecule has 9 heteroatoms. The van der Waals surface area contributed by atoms with Crippen molar-refractivity contribution in [3.63, 3.8) is 0 Å². The highest BCUT2D eigenvalue weighted by Gasteiger charge is 2.21. The molecule has 0 radical (unpaired) electrons. The second-order valence-electron chi connectivity index (χ2n) is 7.54. The van der Waals surface area contributed by atoms with Gasteiger partial charge >= 0.3 is 0 Å². The molecule has 172 valence electrons. The number of benzene rings is 1. The van der Waals surface area contributed by atoms with Crippen molar-refractivity contribution in [3.05, 3.63) is 64.5 Å². The van der Waals surface area contributed by atoms with Gasteiger partial charge in [-0.1, -0.05) is 6.07 Å². The van der Waals surface area contributed by atoms with E-state index in [1.54, 1.807) is 31.5 Å². The van der Waals surface area contributed by atoms with Gasteiger partial charge in [-0.3, -0.25) is 9.59 Å². The summed E-state index contributed by atoms with van der Waals surface area (Å²) in [7, 11) is 3.07. The summed E-state index contributed by atoms with van der Waals surface area (Å²) in [4.78, 5) is 34.7. The number of rotatable bonds is 6. The molecule has 0 atom stereocenters. The molecule has 3 aromatic rings. The zero-order valence-electron chi connectivity index (χ0n) is 18.6. The molecule has 1 N–H and O–H groups in total. The Morgan fingerprint density at radius 2 is 1.91 bits per heavy atom. The molecule has 1 saturated heterocycles. The maximum Gasteiger partial charge on any atom is 0.263 e. The molecule has 0 saturated carbocycles. The van der Waals surface area contributed by atoms with Crippen LogP contribution in [-0.4, -0.2) is 62.1 Å². The maximum atomic E-state index is 12.7. The molecular weight excluding hydrogens is 440 g/mol. The van der Waals surface area contributed by atoms with Gasteiger partial charge in [0.2, 0.25) is 0 Å². The van der Waals surface area contributed by atoms with Gasteiger partial charge in [0.25, 0.3) is 11.8 Å². The number of hydrogen-bond acceptors (Lipinski definition) is 7. The van der Waals surface area contributed by atoms with Crippen LogP contribution >= 0.6 is 11.3 Å². The monoisotopic (exact) mass is 466 g/mol. The van der Waals surface area contributed by atoms with Crippen molar-refractivity contribution >= 4 is 34.7 Å². The molecule has 0 bridgehead atoms. The number of amides is 2. The number of aromatic nitrogens is 1. The Bertz CT molecular complexity index is 1100. The summed E-state index contributed by atoms with van der Waals surface area (Å²) >= 11 is 1.47. The van der Waals surface area contributed by atoms with Crippen LogP contribution in [-0.2, 0) is 0 Å². The van der Waals surface area contributed by atoms with Crippen LogP contribution < -0.4 is 19.7 Å². The zero-order valence-corrected chi connectivity index (χ0v) is 19.4. The lowest BCUT2D eigenvalue weighted by Gasteiger charge is -2.22. The third-order valence-electron chi connectivity index (χ3n) is 5.50. The van der Waals surface area contributed by atoms with Gasteiger partial charge in [0, 0.05) is 32.2 Å². The van der Waals surface area contributed by atoms with Gasteiger partial charge < -0.3 is 24.6 Å². The Labute approximate surface area is 196 Å². The third-order valence-corrected chi connectivity index (χ3v) is 6.36. The van der Waals surface area contributed by atoms with E-state index in [2.05, 4.69) is 15.2 Å². The van der Waals surface area contributed by atoms with Crippen LogP contribution in [0.5, 0.6) is 11.5 Å². The molecule has 1 aromatic carbocycles. The number of ether oxygens (including phenoxy) is 2. The molecule has 4 rings (SSSR count). The molecule has 33 heavy (non-hydrogen) atoms. The van der Waals surface area contributed by atoms with E-state index in [1.165, 1.54) is 18.4 Å². The first-order chi connectivity index (χ1) is 16.1. The average molecular weight is 467 g/mol. The predicted octanol–water partition coefficient (Wildman–Crippen LogP) is 3.77. The smallest absolute Gasteiger partial charge is 0.263 e. The van der Waals surface area contributed by atoms with Crippen LogP contribution in [0.15, 0.2) is 54.0 Å². The number of thiophene rings is 1. The summed E-state index contributed by atoms with van der Waals surface area (Å²) in [5.74, 6) is 1.67. The Balaban J connectivity index is 1.38. The highest BCUT2D eigenvalue weighted by molar-refractivity contribution is 7.12. The molecule has 0 aliphatic carbocycles. The highest BCUT2D eigenvalue weighted by Crippen LogP contribution is 2.26. The van der Waals surface area contributed by atoms with E-state index in [0.29, 0.717) is 35.8 Å². The largest absolute Gasteiger partial charge is 0.497 e. The molecule has 1 fully saturated rings. The quantitative estimate of drug-likeness (QED) is 0.596. The van der Waals surface area contributed by atoms with Crippen LogP contribution in [0.3, 0.4) is 0 Å². The Morgan fingerprint density at radius 3 is 2.61 bits per heavy atom. The van der Waals surface area contributed by atoms with E-state index in [1.807, 2.05) is 34.5 Å². The number of carbonyl (C=O) groups is 2. The fraction of sp³-hybridized carbons (Fsp3) is 0.292. The average Bonchev–Trinajstić information content (AvgIpc) is 3.28. The molecule has 0 unspecified atom stereocenters. The van der Waals surface area contributed by atoms with Gasteiger partial charge in [0.05, 0.1) is 36.5 Å². The van der Waals surface area contributed by atoms with E-state index >= 15 is 0 Å². The van der Waals surface area contributed by atoms with Crippen molar-refractivity contribution < 1.29 is 19.1 Å². The fourth-order valence-electron chi connectivity index (χ4n) is 3.74. The molecule has 2 amide bonds. The molecule has 1 aliphatic rings. The minimum absolute atomic E-state index is 0.0897. The minimum Gasteiger partial charge on any atom is -0.497 e. The van der Waals surface area contributed by atoms with Crippen molar-refractivity contribution in [1.82, 2.24) is 9.88 Å². The summed E-state index contributed by atoms with van der Waals surface area (Å²) in [6.07, 6.45) is 2.51. The maximum absolute atomic E-state index is 12.7.